The van der Waals surface area contributed by atoms with Gasteiger partial charge in [0.05, 0.1) is 18.2 Å². The van der Waals surface area contributed by atoms with Crippen molar-refractivity contribution in [1.29, 1.82) is 5.26 Å². The van der Waals surface area contributed by atoms with Gasteiger partial charge in [-0.2, -0.15) is 5.26 Å². The van der Waals surface area contributed by atoms with Crippen molar-refractivity contribution in [2.75, 3.05) is 25.0 Å². The maximum Gasteiger partial charge on any atom is 0.238 e. The molecule has 5 heteroatoms. The number of hydrogen-bond donors (Lipinski definition) is 2. The lowest BCUT2D eigenvalue weighted by molar-refractivity contribution is -0.118. The first-order valence-electron chi connectivity index (χ1n) is 7.36. The molecule has 3 N–H and O–H groups in total. The third-order valence-corrected chi connectivity index (χ3v) is 3.99. The largest absolute Gasteiger partial charge is 0.329 e. The number of nitriles is 1. The number of benzene rings is 1. The van der Waals surface area contributed by atoms with Crippen molar-refractivity contribution < 1.29 is 4.79 Å². The second-order valence-corrected chi connectivity index (χ2v) is 5.73. The lowest BCUT2D eigenvalue weighted by Gasteiger charge is -2.37. The third-order valence-electron chi connectivity index (χ3n) is 3.99. The van der Waals surface area contributed by atoms with Crippen molar-refractivity contribution in [3.63, 3.8) is 0 Å². The van der Waals surface area contributed by atoms with Gasteiger partial charge in [0, 0.05) is 18.3 Å². The Balaban J connectivity index is 1.93. The van der Waals surface area contributed by atoms with Crippen molar-refractivity contribution in [2.45, 2.75) is 25.8 Å². The molecule has 1 aromatic carbocycles. The van der Waals surface area contributed by atoms with Crippen LogP contribution in [0.5, 0.6) is 0 Å². The molecule has 112 valence electrons. The van der Waals surface area contributed by atoms with E-state index in [-0.39, 0.29) is 11.9 Å². The van der Waals surface area contributed by atoms with Gasteiger partial charge in [0.1, 0.15) is 0 Å². The summed E-state index contributed by atoms with van der Waals surface area (Å²) >= 11 is 0. The standard InChI is InChI=1S/C16H22N4O/c1-12-5-6-20(15(7-12)10-18)11-16(21)19-14-4-2-3-13(8-14)9-17/h2-4,8,12,15H,5-7,10-11,18H2,1H3,(H,19,21). The molecule has 1 fully saturated rings. The number of nitrogens with zero attached hydrogens (tertiary/aromatic N) is 2. The van der Waals surface area contributed by atoms with Crippen molar-refractivity contribution >= 4 is 11.6 Å². The minimum Gasteiger partial charge on any atom is -0.329 e. The van der Waals surface area contributed by atoms with Crippen LogP contribution in [0.25, 0.3) is 0 Å². The molecule has 21 heavy (non-hydrogen) atoms. The number of hydrogen-bond acceptors (Lipinski definition) is 4. The van der Waals surface area contributed by atoms with Crippen LogP contribution in [0.15, 0.2) is 24.3 Å². The fourth-order valence-electron chi connectivity index (χ4n) is 2.81. The fourth-order valence-corrected chi connectivity index (χ4v) is 2.81. The minimum atomic E-state index is -0.0573. The summed E-state index contributed by atoms with van der Waals surface area (Å²) in [6.45, 7) is 4.08. The smallest absolute Gasteiger partial charge is 0.238 e. The molecule has 1 amide bonds. The third kappa shape index (κ3) is 4.28. The number of carbonyl (C=O) groups excluding carboxylic acids is 1. The van der Waals surface area contributed by atoms with Crippen molar-refractivity contribution in [1.82, 2.24) is 4.90 Å². The second-order valence-electron chi connectivity index (χ2n) is 5.73. The average molecular weight is 286 g/mol. The van der Waals surface area contributed by atoms with E-state index < -0.39 is 0 Å². The molecular weight excluding hydrogens is 264 g/mol. The number of anilines is 1. The van der Waals surface area contributed by atoms with Gasteiger partial charge in [-0.25, -0.2) is 0 Å². The van der Waals surface area contributed by atoms with Gasteiger partial charge in [0.2, 0.25) is 5.91 Å². The summed E-state index contributed by atoms with van der Waals surface area (Å²) in [5.41, 5.74) is 7.01. The molecule has 2 unspecified atom stereocenters. The summed E-state index contributed by atoms with van der Waals surface area (Å²) < 4.78 is 0. The van der Waals surface area contributed by atoms with E-state index in [0.29, 0.717) is 30.3 Å². The van der Waals surface area contributed by atoms with Gasteiger partial charge in [-0.3, -0.25) is 9.69 Å². The number of nitrogens with one attached hydrogen (secondary N) is 1. The minimum absolute atomic E-state index is 0.0573. The van der Waals surface area contributed by atoms with Crippen LogP contribution in [-0.2, 0) is 4.79 Å². The first kappa shape index (κ1) is 15.5. The molecule has 0 saturated carbocycles. The quantitative estimate of drug-likeness (QED) is 0.880. The topological polar surface area (TPSA) is 82.2 Å². The summed E-state index contributed by atoms with van der Waals surface area (Å²) in [4.78, 5) is 14.3. The molecule has 2 rings (SSSR count). The highest BCUT2D eigenvalue weighted by Gasteiger charge is 2.26. The molecule has 0 spiro atoms. The van der Waals surface area contributed by atoms with Gasteiger partial charge in [-0.15, -0.1) is 0 Å². The highest BCUT2D eigenvalue weighted by atomic mass is 16.2. The van der Waals surface area contributed by atoms with Crippen LogP contribution < -0.4 is 11.1 Å². The molecule has 1 aliphatic rings. The number of carbonyl (C=O) groups is 1. The molecule has 1 aromatic rings. The van der Waals surface area contributed by atoms with Crippen LogP contribution in [0.3, 0.4) is 0 Å². The predicted octanol–water partition coefficient (Wildman–Crippen LogP) is 1.56. The van der Waals surface area contributed by atoms with Gasteiger partial charge in [0.25, 0.3) is 0 Å². The molecule has 2 atom stereocenters. The number of nitrogens with two attached hydrogens (primary N) is 1. The summed E-state index contributed by atoms with van der Waals surface area (Å²) in [6, 6.07) is 9.29. The summed E-state index contributed by atoms with van der Waals surface area (Å²) in [5, 5.41) is 11.7. The molecule has 0 bridgehead atoms. The van der Waals surface area contributed by atoms with E-state index in [2.05, 4.69) is 23.2 Å². The number of likely N-dealkylation sites (tertiary alicyclic amines) is 1. The summed E-state index contributed by atoms with van der Waals surface area (Å²) in [7, 11) is 0. The molecule has 0 radical (unpaired) electrons. The maximum absolute atomic E-state index is 12.1. The zero-order valence-corrected chi connectivity index (χ0v) is 12.4. The van der Waals surface area contributed by atoms with Crippen molar-refractivity contribution in [2.24, 2.45) is 11.7 Å². The molecule has 0 aromatic heterocycles. The van der Waals surface area contributed by atoms with E-state index in [4.69, 9.17) is 11.0 Å². The van der Waals surface area contributed by atoms with Crippen LogP contribution in [0.1, 0.15) is 25.3 Å². The Morgan fingerprint density at radius 2 is 2.38 bits per heavy atom. The Labute approximate surface area is 125 Å². The Hall–Kier alpha value is -1.90. The van der Waals surface area contributed by atoms with Crippen LogP contribution in [0.4, 0.5) is 5.69 Å². The molecule has 1 aliphatic heterocycles. The number of piperidine rings is 1. The maximum atomic E-state index is 12.1. The molecule has 1 heterocycles. The zero-order valence-electron chi connectivity index (χ0n) is 12.4. The van der Waals surface area contributed by atoms with Crippen molar-refractivity contribution in [3.05, 3.63) is 29.8 Å². The lowest BCUT2D eigenvalue weighted by Crippen LogP contribution is -2.49. The van der Waals surface area contributed by atoms with Gasteiger partial charge in [-0.05, 0) is 43.5 Å². The van der Waals surface area contributed by atoms with Crippen molar-refractivity contribution in [3.8, 4) is 6.07 Å². The van der Waals surface area contributed by atoms with E-state index in [9.17, 15) is 4.79 Å². The van der Waals surface area contributed by atoms with Gasteiger partial charge in [-0.1, -0.05) is 13.0 Å². The normalized spacial score (nSPS) is 22.5. The van der Waals surface area contributed by atoms with Gasteiger partial charge < -0.3 is 11.1 Å². The highest BCUT2D eigenvalue weighted by Crippen LogP contribution is 2.21. The SMILES string of the molecule is CC1CCN(CC(=O)Nc2cccc(C#N)c2)C(CN)C1. The number of amides is 1. The first-order chi connectivity index (χ1) is 10.1. The van der Waals surface area contributed by atoms with E-state index in [0.717, 1.165) is 19.4 Å². The zero-order chi connectivity index (χ0) is 15.2. The monoisotopic (exact) mass is 286 g/mol. The predicted molar refractivity (Wildman–Crippen MR) is 82.6 cm³/mol. The molecule has 5 nitrogen and oxygen atoms in total. The molecule has 1 saturated heterocycles. The molecular formula is C16H22N4O. The highest BCUT2D eigenvalue weighted by molar-refractivity contribution is 5.92. The summed E-state index contributed by atoms with van der Waals surface area (Å²) in [6.07, 6.45) is 2.15. The molecule has 0 aliphatic carbocycles. The first-order valence-corrected chi connectivity index (χ1v) is 7.36. The van der Waals surface area contributed by atoms with E-state index in [1.807, 2.05) is 0 Å². The van der Waals surface area contributed by atoms with Gasteiger partial charge >= 0.3 is 0 Å². The van der Waals surface area contributed by atoms with E-state index >= 15 is 0 Å². The van der Waals surface area contributed by atoms with Crippen LogP contribution in [0.2, 0.25) is 0 Å². The average Bonchev–Trinajstić information content (AvgIpc) is 2.49. The Kier molecular flexibility index (Phi) is 5.32. The van der Waals surface area contributed by atoms with Gasteiger partial charge in [0.15, 0.2) is 0 Å². The second kappa shape index (κ2) is 7.21. The van der Waals surface area contributed by atoms with Crippen LogP contribution >= 0.6 is 0 Å². The van der Waals surface area contributed by atoms with Crippen LogP contribution in [0, 0.1) is 17.2 Å². The Morgan fingerprint density at radius 1 is 1.57 bits per heavy atom. The van der Waals surface area contributed by atoms with E-state index in [1.54, 1.807) is 24.3 Å². The van der Waals surface area contributed by atoms with E-state index in [1.165, 1.54) is 0 Å². The Morgan fingerprint density at radius 3 is 3.10 bits per heavy atom. The Bertz CT molecular complexity index is 537. The lowest BCUT2D eigenvalue weighted by atomic mass is 9.92. The summed E-state index contributed by atoms with van der Waals surface area (Å²) in [5.74, 6) is 0.614. The fraction of sp³-hybridized carbons (Fsp3) is 0.500. The number of rotatable bonds is 4. The van der Waals surface area contributed by atoms with Crippen LogP contribution in [-0.4, -0.2) is 36.5 Å².